The van der Waals surface area contributed by atoms with E-state index >= 15 is 0 Å². The molecule has 2 aromatic rings. The summed E-state index contributed by atoms with van der Waals surface area (Å²) in [6, 6.07) is 5.36. The Morgan fingerprint density at radius 3 is 2.72 bits per heavy atom. The molecule has 0 bridgehead atoms. The van der Waals surface area contributed by atoms with Crippen LogP contribution in [0.3, 0.4) is 0 Å². The van der Waals surface area contributed by atoms with Gasteiger partial charge in [-0.3, -0.25) is 4.98 Å². The quantitative estimate of drug-likeness (QED) is 0.761. The van der Waals surface area contributed by atoms with Crippen LogP contribution in [0, 0.1) is 11.8 Å². The van der Waals surface area contributed by atoms with Crippen LogP contribution in [-0.4, -0.2) is 11.5 Å². The molecule has 0 saturated carbocycles. The molecule has 98 valence electrons. The molecular formula is C13H19N3O2. The van der Waals surface area contributed by atoms with Crippen LogP contribution in [0.25, 0.3) is 11.1 Å². The zero-order valence-corrected chi connectivity index (χ0v) is 10.6. The van der Waals surface area contributed by atoms with Crippen molar-refractivity contribution in [1.82, 2.24) is 4.98 Å². The number of aromatic nitrogens is 1. The fraction of sp³-hybridized carbons (Fsp3) is 0.462. The SMILES string of the molecule is CC(C)C(CN)C(N)c1ccc2oc(=O)[nH]c2c1. The summed E-state index contributed by atoms with van der Waals surface area (Å²) in [6.45, 7) is 4.75. The first-order valence-electron chi connectivity index (χ1n) is 6.11. The molecule has 0 aliphatic rings. The molecule has 0 radical (unpaired) electrons. The van der Waals surface area contributed by atoms with Crippen LogP contribution >= 0.6 is 0 Å². The number of oxazole rings is 1. The lowest BCUT2D eigenvalue weighted by Crippen LogP contribution is -2.31. The van der Waals surface area contributed by atoms with Crippen molar-refractivity contribution in [2.75, 3.05) is 6.54 Å². The minimum atomic E-state index is -0.449. The number of benzene rings is 1. The Balaban J connectivity index is 2.37. The Hall–Kier alpha value is -1.59. The third kappa shape index (κ3) is 2.32. The maximum atomic E-state index is 11.1. The van der Waals surface area contributed by atoms with Crippen LogP contribution in [0.15, 0.2) is 27.4 Å². The standard InChI is InChI=1S/C13H19N3O2/c1-7(2)9(6-14)12(15)8-3-4-11-10(5-8)16-13(17)18-11/h3-5,7,9,12H,6,14-15H2,1-2H3,(H,16,17). The number of nitrogens with one attached hydrogen (secondary N) is 1. The van der Waals surface area contributed by atoms with Crippen molar-refractivity contribution in [3.63, 3.8) is 0 Å². The van der Waals surface area contributed by atoms with Crippen molar-refractivity contribution < 1.29 is 4.42 Å². The Labute approximate surface area is 105 Å². The highest BCUT2D eigenvalue weighted by atomic mass is 16.4. The Bertz CT molecular complexity index is 585. The number of H-pyrrole nitrogens is 1. The van der Waals surface area contributed by atoms with Crippen molar-refractivity contribution in [2.45, 2.75) is 19.9 Å². The third-order valence-corrected chi connectivity index (χ3v) is 3.42. The molecule has 5 heteroatoms. The van der Waals surface area contributed by atoms with E-state index in [0.29, 0.717) is 23.6 Å². The maximum absolute atomic E-state index is 11.1. The van der Waals surface area contributed by atoms with Crippen molar-refractivity contribution in [2.24, 2.45) is 23.3 Å². The van der Waals surface area contributed by atoms with E-state index in [1.807, 2.05) is 12.1 Å². The number of nitrogens with two attached hydrogens (primary N) is 2. The monoisotopic (exact) mass is 249 g/mol. The van der Waals surface area contributed by atoms with E-state index < -0.39 is 5.76 Å². The number of rotatable bonds is 4. The Morgan fingerprint density at radius 2 is 2.11 bits per heavy atom. The van der Waals surface area contributed by atoms with Gasteiger partial charge in [0.2, 0.25) is 0 Å². The van der Waals surface area contributed by atoms with E-state index in [9.17, 15) is 4.79 Å². The molecule has 2 atom stereocenters. The highest BCUT2D eigenvalue weighted by Crippen LogP contribution is 2.26. The van der Waals surface area contributed by atoms with Gasteiger partial charge in [0.15, 0.2) is 5.58 Å². The number of hydrogen-bond acceptors (Lipinski definition) is 4. The molecule has 0 aliphatic carbocycles. The van der Waals surface area contributed by atoms with Crippen LogP contribution < -0.4 is 17.2 Å². The van der Waals surface area contributed by atoms with E-state index in [2.05, 4.69) is 18.8 Å². The minimum Gasteiger partial charge on any atom is -0.408 e. The summed E-state index contributed by atoms with van der Waals surface area (Å²) < 4.78 is 4.96. The highest BCUT2D eigenvalue weighted by Gasteiger charge is 2.21. The van der Waals surface area contributed by atoms with Crippen molar-refractivity contribution in [1.29, 1.82) is 0 Å². The average molecular weight is 249 g/mol. The van der Waals surface area contributed by atoms with Crippen LogP contribution in [0.2, 0.25) is 0 Å². The van der Waals surface area contributed by atoms with Crippen molar-refractivity contribution >= 4 is 11.1 Å². The predicted molar refractivity (Wildman–Crippen MR) is 71.1 cm³/mol. The highest BCUT2D eigenvalue weighted by molar-refractivity contribution is 5.72. The second-order valence-electron chi connectivity index (χ2n) is 4.94. The molecule has 0 aliphatic heterocycles. The summed E-state index contributed by atoms with van der Waals surface area (Å²) in [5, 5.41) is 0. The lowest BCUT2D eigenvalue weighted by atomic mass is 9.85. The molecule has 5 nitrogen and oxygen atoms in total. The molecule has 0 saturated heterocycles. The molecular weight excluding hydrogens is 230 g/mol. The van der Waals surface area contributed by atoms with Gasteiger partial charge in [-0.1, -0.05) is 19.9 Å². The number of fused-ring (bicyclic) bond motifs is 1. The lowest BCUT2D eigenvalue weighted by Gasteiger charge is -2.26. The Morgan fingerprint density at radius 1 is 1.39 bits per heavy atom. The average Bonchev–Trinajstić information content (AvgIpc) is 2.68. The molecule has 0 fully saturated rings. The third-order valence-electron chi connectivity index (χ3n) is 3.42. The molecule has 1 heterocycles. The number of aromatic amines is 1. The van der Waals surface area contributed by atoms with Gasteiger partial charge in [0.1, 0.15) is 0 Å². The van der Waals surface area contributed by atoms with Gasteiger partial charge >= 0.3 is 5.76 Å². The maximum Gasteiger partial charge on any atom is 0.417 e. The first-order valence-corrected chi connectivity index (χ1v) is 6.11. The fourth-order valence-electron chi connectivity index (χ4n) is 2.26. The second kappa shape index (κ2) is 4.96. The van der Waals surface area contributed by atoms with E-state index in [1.54, 1.807) is 6.07 Å². The normalized spacial score (nSPS) is 15.2. The van der Waals surface area contributed by atoms with Crippen LogP contribution in [0.5, 0.6) is 0 Å². The minimum absolute atomic E-state index is 0.141. The van der Waals surface area contributed by atoms with Gasteiger partial charge in [0.25, 0.3) is 0 Å². The molecule has 1 aromatic carbocycles. The van der Waals surface area contributed by atoms with Crippen molar-refractivity contribution in [3.05, 3.63) is 34.3 Å². The van der Waals surface area contributed by atoms with Gasteiger partial charge in [-0.15, -0.1) is 0 Å². The molecule has 2 unspecified atom stereocenters. The molecule has 0 spiro atoms. The summed E-state index contributed by atoms with van der Waals surface area (Å²) in [4.78, 5) is 13.7. The van der Waals surface area contributed by atoms with Gasteiger partial charge < -0.3 is 15.9 Å². The summed E-state index contributed by atoms with van der Waals surface area (Å²) in [7, 11) is 0. The lowest BCUT2D eigenvalue weighted by molar-refractivity contribution is 0.331. The topological polar surface area (TPSA) is 98.0 Å². The summed E-state index contributed by atoms with van der Waals surface area (Å²) >= 11 is 0. The Kier molecular flexibility index (Phi) is 3.54. The van der Waals surface area contributed by atoms with Crippen LogP contribution in [0.1, 0.15) is 25.5 Å². The summed E-state index contributed by atoms with van der Waals surface area (Å²) in [5.41, 5.74) is 14.2. The van der Waals surface area contributed by atoms with Crippen LogP contribution in [-0.2, 0) is 0 Å². The zero-order valence-electron chi connectivity index (χ0n) is 10.6. The molecule has 1 aromatic heterocycles. The van der Waals surface area contributed by atoms with Gasteiger partial charge in [-0.05, 0) is 36.1 Å². The predicted octanol–water partition coefficient (Wildman–Crippen LogP) is 1.35. The summed E-state index contributed by atoms with van der Waals surface area (Å²) in [6.07, 6.45) is 0. The van der Waals surface area contributed by atoms with Gasteiger partial charge in [-0.2, -0.15) is 0 Å². The number of hydrogen-bond donors (Lipinski definition) is 3. The van der Waals surface area contributed by atoms with E-state index in [4.69, 9.17) is 15.9 Å². The van der Waals surface area contributed by atoms with E-state index in [0.717, 1.165) is 5.56 Å². The van der Waals surface area contributed by atoms with Crippen molar-refractivity contribution in [3.8, 4) is 0 Å². The molecule has 0 amide bonds. The van der Waals surface area contributed by atoms with E-state index in [-0.39, 0.29) is 12.0 Å². The largest absolute Gasteiger partial charge is 0.417 e. The summed E-state index contributed by atoms with van der Waals surface area (Å²) in [5.74, 6) is 0.167. The molecule has 2 rings (SSSR count). The fourth-order valence-corrected chi connectivity index (χ4v) is 2.26. The smallest absolute Gasteiger partial charge is 0.408 e. The van der Waals surface area contributed by atoms with Gasteiger partial charge in [0.05, 0.1) is 5.52 Å². The van der Waals surface area contributed by atoms with Crippen LogP contribution in [0.4, 0.5) is 0 Å². The molecule has 5 N–H and O–H groups in total. The first kappa shape index (κ1) is 12.9. The van der Waals surface area contributed by atoms with Gasteiger partial charge in [0, 0.05) is 6.04 Å². The van der Waals surface area contributed by atoms with Gasteiger partial charge in [-0.25, -0.2) is 4.79 Å². The molecule has 18 heavy (non-hydrogen) atoms. The second-order valence-corrected chi connectivity index (χ2v) is 4.94. The zero-order chi connectivity index (χ0) is 13.3. The first-order chi connectivity index (χ1) is 8.52. The van der Waals surface area contributed by atoms with E-state index in [1.165, 1.54) is 0 Å².